The van der Waals surface area contributed by atoms with E-state index < -0.39 is 0 Å². The molecule has 2 aromatic carbocycles. The highest BCUT2D eigenvalue weighted by Gasteiger charge is 2.13. The first-order valence-electron chi connectivity index (χ1n) is 10.6. The van der Waals surface area contributed by atoms with Gasteiger partial charge in [0, 0.05) is 33.4 Å². The zero-order valence-corrected chi connectivity index (χ0v) is 18.0. The van der Waals surface area contributed by atoms with Gasteiger partial charge in [0.1, 0.15) is 5.75 Å². The van der Waals surface area contributed by atoms with Crippen LogP contribution in [0.3, 0.4) is 0 Å². The molecule has 3 rings (SSSR count). The summed E-state index contributed by atoms with van der Waals surface area (Å²) in [5, 5.41) is 6.73. The average Bonchev–Trinajstić information content (AvgIpc) is 2.81. The predicted molar refractivity (Wildman–Crippen MR) is 120 cm³/mol. The first-order valence-corrected chi connectivity index (χ1v) is 10.6. The molecule has 30 heavy (non-hydrogen) atoms. The van der Waals surface area contributed by atoms with Gasteiger partial charge in [-0.05, 0) is 42.0 Å². The van der Waals surface area contributed by atoms with Gasteiger partial charge in [0.25, 0.3) is 0 Å². The van der Waals surface area contributed by atoms with E-state index in [1.54, 1.807) is 14.2 Å². The first kappa shape index (κ1) is 22.1. The Morgan fingerprint density at radius 3 is 2.50 bits per heavy atom. The SMILES string of the molecule is CN=C(NCCc1ccccc1OC)NCc1ccc(COC2CCOCC2)cc1. The van der Waals surface area contributed by atoms with Crippen LogP contribution in [0.4, 0.5) is 0 Å². The highest BCUT2D eigenvalue weighted by molar-refractivity contribution is 5.79. The molecule has 2 N–H and O–H groups in total. The third-order valence-electron chi connectivity index (χ3n) is 5.24. The second-order valence-corrected chi connectivity index (χ2v) is 7.35. The second-order valence-electron chi connectivity index (χ2n) is 7.35. The van der Waals surface area contributed by atoms with Crippen molar-refractivity contribution in [3.63, 3.8) is 0 Å². The fraction of sp³-hybridized carbons (Fsp3) is 0.458. The lowest BCUT2D eigenvalue weighted by Gasteiger charge is -2.22. The monoisotopic (exact) mass is 411 g/mol. The Hall–Kier alpha value is -2.57. The van der Waals surface area contributed by atoms with Crippen molar-refractivity contribution in [2.45, 2.75) is 38.5 Å². The standard InChI is InChI=1S/C24H33N3O3/c1-25-24(26-14-11-21-5-3-4-6-23(21)28-2)27-17-19-7-9-20(10-8-19)18-30-22-12-15-29-16-13-22/h3-10,22H,11-18H2,1-2H3,(H2,25,26,27). The van der Waals surface area contributed by atoms with Crippen molar-refractivity contribution in [3.05, 3.63) is 65.2 Å². The normalized spacial score (nSPS) is 15.1. The minimum Gasteiger partial charge on any atom is -0.496 e. The number of ether oxygens (including phenoxy) is 3. The van der Waals surface area contributed by atoms with Crippen LogP contribution in [0.15, 0.2) is 53.5 Å². The summed E-state index contributed by atoms with van der Waals surface area (Å²) in [5.74, 6) is 1.71. The highest BCUT2D eigenvalue weighted by atomic mass is 16.5. The number of hydrogen-bond acceptors (Lipinski definition) is 4. The van der Waals surface area contributed by atoms with E-state index in [0.29, 0.717) is 12.7 Å². The summed E-state index contributed by atoms with van der Waals surface area (Å²) in [4.78, 5) is 4.31. The molecule has 1 aliphatic rings. The number of nitrogens with one attached hydrogen (secondary N) is 2. The van der Waals surface area contributed by atoms with E-state index in [4.69, 9.17) is 14.2 Å². The number of para-hydroxylation sites is 1. The lowest BCUT2D eigenvalue weighted by molar-refractivity contribution is -0.0390. The van der Waals surface area contributed by atoms with E-state index in [-0.39, 0.29) is 0 Å². The Morgan fingerprint density at radius 2 is 1.77 bits per heavy atom. The van der Waals surface area contributed by atoms with E-state index in [1.807, 2.05) is 18.2 Å². The number of benzene rings is 2. The molecular weight excluding hydrogens is 378 g/mol. The molecule has 0 radical (unpaired) electrons. The molecule has 6 nitrogen and oxygen atoms in total. The maximum Gasteiger partial charge on any atom is 0.191 e. The molecule has 0 amide bonds. The fourth-order valence-electron chi connectivity index (χ4n) is 3.44. The molecule has 0 saturated carbocycles. The van der Waals surface area contributed by atoms with E-state index in [0.717, 1.165) is 57.3 Å². The Balaban J connectivity index is 1.38. The van der Waals surface area contributed by atoms with Crippen LogP contribution in [0.5, 0.6) is 5.75 Å². The summed E-state index contributed by atoms with van der Waals surface area (Å²) < 4.78 is 16.8. The Labute approximate surface area is 179 Å². The van der Waals surface area contributed by atoms with Crippen LogP contribution >= 0.6 is 0 Å². The molecule has 6 heteroatoms. The topological polar surface area (TPSA) is 64.1 Å². The number of nitrogens with zero attached hydrogens (tertiary/aromatic N) is 1. The summed E-state index contributed by atoms with van der Waals surface area (Å²) in [6, 6.07) is 16.6. The molecule has 1 aliphatic heterocycles. The van der Waals surface area contributed by atoms with Gasteiger partial charge < -0.3 is 24.8 Å². The molecule has 2 aromatic rings. The molecule has 0 aliphatic carbocycles. The van der Waals surface area contributed by atoms with E-state index in [2.05, 4.69) is 46.0 Å². The molecule has 0 atom stereocenters. The van der Waals surface area contributed by atoms with Crippen LogP contribution in [-0.4, -0.2) is 46.0 Å². The molecule has 1 heterocycles. The number of rotatable bonds is 9. The van der Waals surface area contributed by atoms with Crippen LogP contribution in [0.1, 0.15) is 29.5 Å². The van der Waals surface area contributed by atoms with Crippen molar-refractivity contribution in [2.24, 2.45) is 4.99 Å². The largest absolute Gasteiger partial charge is 0.496 e. The minimum atomic E-state index is 0.324. The molecular formula is C24H33N3O3. The lowest BCUT2D eigenvalue weighted by atomic mass is 10.1. The number of methoxy groups -OCH3 is 1. The smallest absolute Gasteiger partial charge is 0.191 e. The maximum atomic E-state index is 5.99. The molecule has 162 valence electrons. The summed E-state index contributed by atoms with van der Waals surface area (Å²) in [5.41, 5.74) is 3.59. The van der Waals surface area contributed by atoms with Crippen LogP contribution in [0.25, 0.3) is 0 Å². The zero-order valence-electron chi connectivity index (χ0n) is 18.0. The Morgan fingerprint density at radius 1 is 1.03 bits per heavy atom. The van der Waals surface area contributed by atoms with Gasteiger partial charge in [-0.15, -0.1) is 0 Å². The zero-order chi connectivity index (χ0) is 21.0. The maximum absolute atomic E-state index is 5.99. The summed E-state index contributed by atoms with van der Waals surface area (Å²) in [6.07, 6.45) is 3.17. The second kappa shape index (κ2) is 12.2. The summed E-state index contributed by atoms with van der Waals surface area (Å²) in [7, 11) is 3.49. The van der Waals surface area contributed by atoms with Crippen molar-refractivity contribution in [1.82, 2.24) is 10.6 Å². The molecule has 1 saturated heterocycles. The van der Waals surface area contributed by atoms with Gasteiger partial charge in [-0.3, -0.25) is 4.99 Å². The van der Waals surface area contributed by atoms with Gasteiger partial charge in [-0.25, -0.2) is 0 Å². The van der Waals surface area contributed by atoms with Crippen molar-refractivity contribution in [3.8, 4) is 5.75 Å². The van der Waals surface area contributed by atoms with E-state index >= 15 is 0 Å². The number of aliphatic imine (C=N–C) groups is 1. The van der Waals surface area contributed by atoms with Crippen LogP contribution in [0, 0.1) is 0 Å². The van der Waals surface area contributed by atoms with Gasteiger partial charge in [0.2, 0.25) is 0 Å². The van der Waals surface area contributed by atoms with Crippen LogP contribution in [0.2, 0.25) is 0 Å². The third-order valence-corrected chi connectivity index (χ3v) is 5.24. The molecule has 0 unspecified atom stereocenters. The van der Waals surface area contributed by atoms with E-state index in [9.17, 15) is 0 Å². The number of guanidine groups is 1. The van der Waals surface area contributed by atoms with Gasteiger partial charge in [0.05, 0.1) is 19.8 Å². The first-order chi connectivity index (χ1) is 14.8. The summed E-state index contributed by atoms with van der Waals surface area (Å²) in [6.45, 7) is 3.77. The lowest BCUT2D eigenvalue weighted by Crippen LogP contribution is -2.37. The fourth-order valence-corrected chi connectivity index (χ4v) is 3.44. The molecule has 0 aromatic heterocycles. The van der Waals surface area contributed by atoms with E-state index in [1.165, 1.54) is 16.7 Å². The molecule has 0 spiro atoms. The van der Waals surface area contributed by atoms with Gasteiger partial charge in [-0.1, -0.05) is 42.5 Å². The quantitative estimate of drug-likeness (QED) is 0.490. The number of hydrogen-bond donors (Lipinski definition) is 2. The van der Waals surface area contributed by atoms with Gasteiger partial charge in [-0.2, -0.15) is 0 Å². The molecule has 0 bridgehead atoms. The van der Waals surface area contributed by atoms with Crippen molar-refractivity contribution in [1.29, 1.82) is 0 Å². The minimum absolute atomic E-state index is 0.324. The van der Waals surface area contributed by atoms with Crippen molar-refractivity contribution in [2.75, 3.05) is 33.9 Å². The van der Waals surface area contributed by atoms with Crippen LogP contribution < -0.4 is 15.4 Å². The summed E-state index contributed by atoms with van der Waals surface area (Å²) >= 11 is 0. The van der Waals surface area contributed by atoms with Gasteiger partial charge in [0.15, 0.2) is 5.96 Å². The third kappa shape index (κ3) is 7.04. The average molecular weight is 412 g/mol. The van der Waals surface area contributed by atoms with Crippen molar-refractivity contribution >= 4 is 5.96 Å². The van der Waals surface area contributed by atoms with Gasteiger partial charge >= 0.3 is 0 Å². The van der Waals surface area contributed by atoms with Crippen molar-refractivity contribution < 1.29 is 14.2 Å². The predicted octanol–water partition coefficient (Wildman–Crippen LogP) is 3.30. The Bertz CT molecular complexity index is 787. The van der Waals surface area contributed by atoms with Crippen LogP contribution in [-0.2, 0) is 29.0 Å². The molecule has 1 fully saturated rings. The Kier molecular flexibility index (Phi) is 9.00. The highest BCUT2D eigenvalue weighted by Crippen LogP contribution is 2.17.